The Balaban J connectivity index is 1.44. The molecule has 7 heteroatoms. The summed E-state index contributed by atoms with van der Waals surface area (Å²) in [4.78, 5) is 8.87. The van der Waals surface area contributed by atoms with Gasteiger partial charge in [-0.2, -0.15) is 5.10 Å². The molecule has 0 aliphatic carbocycles. The van der Waals surface area contributed by atoms with E-state index in [0.717, 1.165) is 43.4 Å². The zero-order valence-corrected chi connectivity index (χ0v) is 14.5. The molecule has 3 aromatic heterocycles. The van der Waals surface area contributed by atoms with E-state index in [2.05, 4.69) is 43.1 Å². The van der Waals surface area contributed by atoms with Crippen LogP contribution in [0.4, 0.5) is 11.5 Å². The van der Waals surface area contributed by atoms with E-state index >= 15 is 0 Å². The third kappa shape index (κ3) is 3.05. The highest BCUT2D eigenvalue weighted by molar-refractivity contribution is 5.56. The predicted octanol–water partition coefficient (Wildman–Crippen LogP) is 1.91. The molecule has 0 unspecified atom stereocenters. The molecule has 1 fully saturated rings. The fourth-order valence-corrected chi connectivity index (χ4v) is 3.25. The number of piperazine rings is 1. The fourth-order valence-electron chi connectivity index (χ4n) is 3.25. The van der Waals surface area contributed by atoms with Gasteiger partial charge in [0.15, 0.2) is 5.82 Å². The minimum Gasteiger partial charge on any atom is -0.368 e. The Morgan fingerprint density at radius 1 is 0.880 bits per heavy atom. The zero-order chi connectivity index (χ0) is 17.2. The Hall–Kier alpha value is -2.96. The number of aromatic nitrogens is 5. The van der Waals surface area contributed by atoms with Gasteiger partial charge in [-0.05, 0) is 36.8 Å². The molecule has 25 heavy (non-hydrogen) atoms. The van der Waals surface area contributed by atoms with Gasteiger partial charge >= 0.3 is 0 Å². The van der Waals surface area contributed by atoms with Crippen LogP contribution >= 0.6 is 0 Å². The number of hydrogen-bond donors (Lipinski definition) is 0. The van der Waals surface area contributed by atoms with Gasteiger partial charge in [0.05, 0.1) is 5.69 Å². The summed E-state index contributed by atoms with van der Waals surface area (Å²) in [5, 5.41) is 13.0. The molecule has 7 nitrogen and oxygen atoms in total. The van der Waals surface area contributed by atoms with Crippen molar-refractivity contribution in [3.8, 4) is 11.4 Å². The second-order valence-corrected chi connectivity index (χ2v) is 6.25. The Kier molecular flexibility index (Phi) is 4.05. The van der Waals surface area contributed by atoms with Crippen molar-refractivity contribution in [2.45, 2.75) is 6.92 Å². The normalized spacial score (nSPS) is 14.8. The minimum atomic E-state index is 0.842. The third-order valence-corrected chi connectivity index (χ3v) is 4.67. The number of aryl methyl sites for hydroxylation is 2. The summed E-state index contributed by atoms with van der Waals surface area (Å²) < 4.78 is 1.81. The van der Waals surface area contributed by atoms with E-state index in [1.54, 1.807) is 10.9 Å². The van der Waals surface area contributed by atoms with E-state index in [4.69, 9.17) is 0 Å². The first-order chi connectivity index (χ1) is 12.2. The van der Waals surface area contributed by atoms with E-state index in [0.29, 0.717) is 0 Å². The zero-order valence-electron chi connectivity index (χ0n) is 14.5. The molecule has 4 heterocycles. The standard InChI is InChI=1S/C18H21N7/c1-14-13-19-7-5-16(14)24-9-11-25(12-10-24)18-4-3-15(21-22-18)17-6-8-20-23(17)2/h3-8,13H,9-12H2,1-2H3. The van der Waals surface area contributed by atoms with Crippen molar-refractivity contribution < 1.29 is 0 Å². The Morgan fingerprint density at radius 3 is 2.32 bits per heavy atom. The predicted molar refractivity (Wildman–Crippen MR) is 97.6 cm³/mol. The topological polar surface area (TPSA) is 63.0 Å². The second-order valence-electron chi connectivity index (χ2n) is 6.25. The Labute approximate surface area is 146 Å². The van der Waals surface area contributed by atoms with Crippen LogP contribution in [-0.4, -0.2) is 51.1 Å². The lowest BCUT2D eigenvalue weighted by Gasteiger charge is -2.37. The Bertz CT molecular complexity index is 848. The quantitative estimate of drug-likeness (QED) is 0.728. The highest BCUT2D eigenvalue weighted by atomic mass is 15.3. The minimum absolute atomic E-state index is 0.842. The molecule has 0 aromatic carbocycles. The molecule has 0 saturated carbocycles. The molecule has 128 valence electrons. The van der Waals surface area contributed by atoms with Gasteiger partial charge in [0.2, 0.25) is 0 Å². The smallest absolute Gasteiger partial charge is 0.151 e. The first kappa shape index (κ1) is 15.6. The maximum Gasteiger partial charge on any atom is 0.151 e. The van der Waals surface area contributed by atoms with Crippen molar-refractivity contribution >= 4 is 11.5 Å². The molecule has 0 spiro atoms. The summed E-state index contributed by atoms with van der Waals surface area (Å²) in [6.07, 6.45) is 5.55. The first-order valence-electron chi connectivity index (χ1n) is 8.45. The molecule has 0 atom stereocenters. The lowest BCUT2D eigenvalue weighted by Crippen LogP contribution is -2.47. The van der Waals surface area contributed by atoms with Gasteiger partial charge < -0.3 is 9.80 Å². The summed E-state index contributed by atoms with van der Waals surface area (Å²) in [6, 6.07) is 8.09. The molecule has 1 saturated heterocycles. The van der Waals surface area contributed by atoms with Crippen LogP contribution in [0, 0.1) is 6.92 Å². The monoisotopic (exact) mass is 335 g/mol. The SMILES string of the molecule is Cc1cnccc1N1CCN(c2ccc(-c3ccnn3C)nn2)CC1. The van der Waals surface area contributed by atoms with Crippen molar-refractivity contribution in [2.24, 2.45) is 7.05 Å². The molecule has 1 aliphatic rings. The molecule has 1 aliphatic heterocycles. The number of rotatable bonds is 3. The molecule has 4 rings (SSSR count). The summed E-state index contributed by atoms with van der Waals surface area (Å²) in [7, 11) is 1.91. The van der Waals surface area contributed by atoms with Crippen molar-refractivity contribution in [2.75, 3.05) is 36.0 Å². The third-order valence-electron chi connectivity index (χ3n) is 4.67. The molecule has 0 bridgehead atoms. The van der Waals surface area contributed by atoms with Crippen LogP contribution in [0.15, 0.2) is 42.9 Å². The van der Waals surface area contributed by atoms with Gasteiger partial charge in [0.25, 0.3) is 0 Å². The average molecular weight is 335 g/mol. The van der Waals surface area contributed by atoms with E-state index in [9.17, 15) is 0 Å². The first-order valence-corrected chi connectivity index (χ1v) is 8.45. The van der Waals surface area contributed by atoms with Crippen LogP contribution in [0.3, 0.4) is 0 Å². The molecule has 0 radical (unpaired) electrons. The summed E-state index contributed by atoms with van der Waals surface area (Å²) in [5.74, 6) is 0.928. The van der Waals surface area contributed by atoms with E-state index in [-0.39, 0.29) is 0 Å². The van der Waals surface area contributed by atoms with E-state index in [1.807, 2.05) is 37.6 Å². The van der Waals surface area contributed by atoms with Crippen LogP contribution in [-0.2, 0) is 7.05 Å². The molecule has 0 amide bonds. The van der Waals surface area contributed by atoms with Gasteiger partial charge in [0, 0.05) is 57.5 Å². The van der Waals surface area contributed by atoms with Crippen LogP contribution in [0.2, 0.25) is 0 Å². The lowest BCUT2D eigenvalue weighted by molar-refractivity contribution is 0.642. The van der Waals surface area contributed by atoms with Gasteiger partial charge in [-0.1, -0.05) is 0 Å². The van der Waals surface area contributed by atoms with E-state index < -0.39 is 0 Å². The number of anilines is 2. The number of hydrogen-bond acceptors (Lipinski definition) is 6. The second kappa shape index (κ2) is 6.51. The summed E-state index contributed by atoms with van der Waals surface area (Å²) in [5.41, 5.74) is 4.30. The average Bonchev–Trinajstić information content (AvgIpc) is 3.08. The van der Waals surface area contributed by atoms with Crippen molar-refractivity contribution in [3.05, 3.63) is 48.4 Å². The van der Waals surface area contributed by atoms with Gasteiger partial charge in [-0.15, -0.1) is 10.2 Å². The van der Waals surface area contributed by atoms with Crippen molar-refractivity contribution in [1.29, 1.82) is 0 Å². The number of nitrogens with zero attached hydrogens (tertiary/aromatic N) is 7. The van der Waals surface area contributed by atoms with Crippen LogP contribution in [0.1, 0.15) is 5.56 Å². The molecule has 0 N–H and O–H groups in total. The van der Waals surface area contributed by atoms with Gasteiger partial charge in [0.1, 0.15) is 5.69 Å². The maximum atomic E-state index is 4.42. The van der Waals surface area contributed by atoms with Gasteiger partial charge in [-0.25, -0.2) is 0 Å². The number of pyridine rings is 1. The highest BCUT2D eigenvalue weighted by Gasteiger charge is 2.20. The van der Waals surface area contributed by atoms with Crippen LogP contribution < -0.4 is 9.80 Å². The lowest BCUT2D eigenvalue weighted by atomic mass is 10.2. The molecular formula is C18H21N7. The van der Waals surface area contributed by atoms with Crippen molar-refractivity contribution in [3.63, 3.8) is 0 Å². The highest BCUT2D eigenvalue weighted by Crippen LogP contribution is 2.22. The van der Waals surface area contributed by atoms with Crippen molar-refractivity contribution in [1.82, 2.24) is 25.0 Å². The molecule has 3 aromatic rings. The fraction of sp³-hybridized carbons (Fsp3) is 0.333. The van der Waals surface area contributed by atoms with Crippen LogP contribution in [0.25, 0.3) is 11.4 Å². The Morgan fingerprint density at radius 2 is 1.68 bits per heavy atom. The van der Waals surface area contributed by atoms with Crippen LogP contribution in [0.5, 0.6) is 0 Å². The van der Waals surface area contributed by atoms with E-state index in [1.165, 1.54) is 11.3 Å². The maximum absolute atomic E-state index is 4.42. The summed E-state index contributed by atoms with van der Waals surface area (Å²) in [6.45, 7) is 5.91. The molecular weight excluding hydrogens is 314 g/mol. The largest absolute Gasteiger partial charge is 0.368 e. The summed E-state index contributed by atoms with van der Waals surface area (Å²) >= 11 is 0. The van der Waals surface area contributed by atoms with Gasteiger partial charge in [-0.3, -0.25) is 9.67 Å².